The van der Waals surface area contributed by atoms with Crippen LogP contribution in [0.25, 0.3) is 0 Å². The second-order valence-corrected chi connectivity index (χ2v) is 11.5. The summed E-state index contributed by atoms with van der Waals surface area (Å²) < 4.78 is 5.34. The first-order chi connectivity index (χ1) is 23.4. The number of nitro groups is 1. The Morgan fingerprint density at radius 2 is 1.40 bits per heavy atom. The highest BCUT2D eigenvalue weighted by molar-refractivity contribution is 5.99. The van der Waals surface area contributed by atoms with Crippen LogP contribution >= 0.6 is 12.4 Å². The molecule has 0 aliphatic carbocycles. The number of amides is 4. The number of nitrogens with two attached hydrogens (primary N) is 2. The predicted octanol–water partition coefficient (Wildman–Crippen LogP) is 3.17. The van der Waals surface area contributed by atoms with E-state index in [2.05, 4.69) is 26.3 Å². The fourth-order valence-electron chi connectivity index (χ4n) is 4.68. The van der Waals surface area contributed by atoms with Gasteiger partial charge in [-0.2, -0.15) is 0 Å². The molecule has 0 aliphatic heterocycles. The van der Waals surface area contributed by atoms with Gasteiger partial charge in [-0.15, -0.1) is 12.4 Å². The van der Waals surface area contributed by atoms with Gasteiger partial charge >= 0.3 is 6.09 Å². The van der Waals surface area contributed by atoms with E-state index in [0.717, 1.165) is 11.1 Å². The average molecular weight is 711 g/mol. The number of anilines is 1. The summed E-state index contributed by atoms with van der Waals surface area (Å²) in [7, 11) is 0. The SMILES string of the molecule is CC(C)[C@H](NC(=O)[C@H](Cc1ccccc1)NC(=O)OCc1ccccc1)C(=O)N[C@@H](CCCN=C(N)N)C(=O)Nc1ccc([N+](=O)[O-])cc1.Cl. The van der Waals surface area contributed by atoms with Crippen LogP contribution < -0.4 is 32.7 Å². The molecule has 4 amide bonds. The Kier molecular flexibility index (Phi) is 16.7. The molecule has 3 aromatic rings. The molecule has 3 atom stereocenters. The van der Waals surface area contributed by atoms with Crippen LogP contribution in [0.5, 0.6) is 0 Å². The summed E-state index contributed by atoms with van der Waals surface area (Å²) in [6.45, 7) is 3.64. The summed E-state index contributed by atoms with van der Waals surface area (Å²) in [6, 6.07) is 20.1. The topological polar surface area (TPSA) is 233 Å². The van der Waals surface area contributed by atoms with E-state index in [1.54, 1.807) is 50.2 Å². The second kappa shape index (κ2) is 20.6. The van der Waals surface area contributed by atoms with E-state index in [1.165, 1.54) is 24.3 Å². The number of aliphatic imine (C=N–C) groups is 1. The van der Waals surface area contributed by atoms with Crippen LogP contribution in [0.1, 0.15) is 37.8 Å². The Balaban J connectivity index is 0.00000867. The number of halogens is 1. The number of benzene rings is 3. The van der Waals surface area contributed by atoms with Crippen molar-refractivity contribution in [2.75, 3.05) is 11.9 Å². The van der Waals surface area contributed by atoms with Crippen LogP contribution in [0.2, 0.25) is 0 Å². The molecule has 0 spiro atoms. The summed E-state index contributed by atoms with van der Waals surface area (Å²) in [4.78, 5) is 67.8. The largest absolute Gasteiger partial charge is 0.445 e. The van der Waals surface area contributed by atoms with Gasteiger partial charge in [-0.3, -0.25) is 29.5 Å². The first kappa shape index (κ1) is 40.5. The highest BCUT2D eigenvalue weighted by Crippen LogP contribution is 2.16. The molecular weight excluding hydrogens is 668 g/mol. The number of hydrogen-bond donors (Lipinski definition) is 6. The van der Waals surface area contributed by atoms with Crippen LogP contribution in [0.15, 0.2) is 89.9 Å². The molecule has 3 rings (SSSR count). The van der Waals surface area contributed by atoms with E-state index in [0.29, 0.717) is 6.42 Å². The van der Waals surface area contributed by atoms with E-state index in [-0.39, 0.29) is 55.7 Å². The third-order valence-corrected chi connectivity index (χ3v) is 7.27. The number of ether oxygens (including phenoxy) is 1. The summed E-state index contributed by atoms with van der Waals surface area (Å²) >= 11 is 0. The predicted molar refractivity (Wildman–Crippen MR) is 191 cm³/mol. The maximum absolute atomic E-state index is 13.7. The minimum absolute atomic E-state index is 0. The van der Waals surface area contributed by atoms with Crippen LogP contribution in [0.4, 0.5) is 16.2 Å². The molecule has 0 radical (unpaired) electrons. The van der Waals surface area contributed by atoms with Crippen molar-refractivity contribution in [3.8, 4) is 0 Å². The molecule has 15 nitrogen and oxygen atoms in total. The number of alkyl carbamates (subject to hydrolysis) is 1. The molecule has 268 valence electrons. The van der Waals surface area contributed by atoms with Gasteiger partial charge in [-0.05, 0) is 42.0 Å². The fraction of sp³-hybridized carbons (Fsp3) is 0.324. The van der Waals surface area contributed by atoms with Gasteiger partial charge < -0.3 is 37.5 Å². The number of carbonyl (C=O) groups is 4. The fourth-order valence-corrected chi connectivity index (χ4v) is 4.68. The molecular formula is C34H43ClN8O7. The molecule has 0 bridgehead atoms. The van der Waals surface area contributed by atoms with E-state index in [4.69, 9.17) is 16.2 Å². The van der Waals surface area contributed by atoms with Crippen LogP contribution in [0.3, 0.4) is 0 Å². The molecule has 0 aliphatic rings. The minimum Gasteiger partial charge on any atom is -0.445 e. The number of nitrogens with zero attached hydrogens (tertiary/aromatic N) is 2. The molecule has 3 aromatic carbocycles. The maximum atomic E-state index is 13.7. The van der Waals surface area contributed by atoms with Gasteiger partial charge in [0.2, 0.25) is 17.7 Å². The van der Waals surface area contributed by atoms with Gasteiger partial charge in [0.1, 0.15) is 24.7 Å². The van der Waals surface area contributed by atoms with E-state index in [9.17, 15) is 29.3 Å². The van der Waals surface area contributed by atoms with Crippen molar-refractivity contribution in [1.29, 1.82) is 0 Å². The van der Waals surface area contributed by atoms with Gasteiger partial charge in [0.05, 0.1) is 4.92 Å². The Morgan fingerprint density at radius 3 is 1.96 bits per heavy atom. The number of nitrogens with one attached hydrogen (secondary N) is 4. The Labute approximate surface area is 296 Å². The van der Waals surface area contributed by atoms with Crippen molar-refractivity contribution in [3.63, 3.8) is 0 Å². The van der Waals surface area contributed by atoms with Crippen LogP contribution in [-0.2, 0) is 32.1 Å². The number of non-ortho nitro benzene ring substituents is 1. The van der Waals surface area contributed by atoms with Crippen molar-refractivity contribution in [3.05, 3.63) is 106 Å². The van der Waals surface area contributed by atoms with Crippen molar-refractivity contribution in [1.82, 2.24) is 16.0 Å². The Morgan fingerprint density at radius 1 is 0.800 bits per heavy atom. The van der Waals surface area contributed by atoms with Crippen molar-refractivity contribution in [2.45, 2.75) is 57.8 Å². The van der Waals surface area contributed by atoms with Crippen molar-refractivity contribution < 1.29 is 28.8 Å². The third kappa shape index (κ3) is 13.8. The number of rotatable bonds is 17. The van der Waals surface area contributed by atoms with Gasteiger partial charge in [0.25, 0.3) is 5.69 Å². The summed E-state index contributed by atoms with van der Waals surface area (Å²) in [5.74, 6) is -2.41. The lowest BCUT2D eigenvalue weighted by atomic mass is 10.00. The van der Waals surface area contributed by atoms with Crippen molar-refractivity contribution in [2.24, 2.45) is 22.4 Å². The number of hydrogen-bond acceptors (Lipinski definition) is 8. The highest BCUT2D eigenvalue weighted by Gasteiger charge is 2.32. The lowest BCUT2D eigenvalue weighted by Gasteiger charge is -2.27. The van der Waals surface area contributed by atoms with Crippen molar-refractivity contribution >= 4 is 53.6 Å². The lowest BCUT2D eigenvalue weighted by Crippen LogP contribution is -2.58. The molecule has 16 heteroatoms. The zero-order valence-corrected chi connectivity index (χ0v) is 28.6. The van der Waals surface area contributed by atoms with Gasteiger partial charge in [-0.25, -0.2) is 4.79 Å². The second-order valence-electron chi connectivity index (χ2n) is 11.5. The summed E-state index contributed by atoms with van der Waals surface area (Å²) in [6.07, 6.45) is -0.242. The number of nitro benzene ring substituents is 1. The Hall–Kier alpha value is -5.70. The monoisotopic (exact) mass is 710 g/mol. The van der Waals surface area contributed by atoms with Crippen LogP contribution in [0, 0.1) is 16.0 Å². The first-order valence-corrected chi connectivity index (χ1v) is 15.7. The lowest BCUT2D eigenvalue weighted by molar-refractivity contribution is -0.384. The maximum Gasteiger partial charge on any atom is 0.408 e. The molecule has 0 saturated heterocycles. The minimum atomic E-state index is -1.10. The Bertz CT molecular complexity index is 1590. The number of guanidine groups is 1. The zero-order chi connectivity index (χ0) is 35.8. The summed E-state index contributed by atoms with van der Waals surface area (Å²) in [5, 5.41) is 21.7. The zero-order valence-electron chi connectivity index (χ0n) is 27.7. The standard InChI is InChI=1S/C34H42N8O7.ClH/c1-22(2)29(32(45)39-27(14-9-19-37-33(35)36)30(43)38-25-15-17-26(18-16-25)42(47)48)41-31(44)28(20-23-10-5-3-6-11-23)40-34(46)49-21-24-12-7-4-8-13-24;/h3-8,10-13,15-18,22,27-29H,9,14,19-21H2,1-2H3,(H,38,43)(H,39,45)(H,40,46)(H,41,44)(H4,35,36,37);1H/t27-,28-,29-;/m0./s1. The number of carbonyl (C=O) groups excluding carboxylic acids is 4. The molecule has 0 unspecified atom stereocenters. The van der Waals surface area contributed by atoms with E-state index >= 15 is 0 Å². The van der Waals surface area contributed by atoms with E-state index < -0.39 is 52.8 Å². The van der Waals surface area contributed by atoms with Gasteiger partial charge in [0.15, 0.2) is 5.96 Å². The molecule has 8 N–H and O–H groups in total. The van der Waals surface area contributed by atoms with E-state index in [1.807, 2.05) is 24.3 Å². The normalized spacial score (nSPS) is 12.2. The quantitative estimate of drug-likeness (QED) is 0.0396. The molecule has 0 heterocycles. The van der Waals surface area contributed by atoms with Gasteiger partial charge in [0, 0.05) is 30.8 Å². The third-order valence-electron chi connectivity index (χ3n) is 7.27. The molecule has 0 saturated carbocycles. The first-order valence-electron chi connectivity index (χ1n) is 15.7. The van der Waals surface area contributed by atoms with Gasteiger partial charge in [-0.1, -0.05) is 74.5 Å². The smallest absolute Gasteiger partial charge is 0.408 e. The highest BCUT2D eigenvalue weighted by atomic mass is 35.5. The summed E-state index contributed by atoms with van der Waals surface area (Å²) in [5.41, 5.74) is 12.5. The average Bonchev–Trinajstić information content (AvgIpc) is 3.08. The molecule has 0 aromatic heterocycles. The van der Waals surface area contributed by atoms with Crippen LogP contribution in [-0.4, -0.2) is 59.4 Å². The molecule has 0 fully saturated rings. The molecule has 50 heavy (non-hydrogen) atoms.